The van der Waals surface area contributed by atoms with Crippen LogP contribution in [-0.2, 0) is 0 Å². The highest BCUT2D eigenvalue weighted by atomic mass is 35.5. The Morgan fingerprint density at radius 1 is 1.61 bits per heavy atom. The van der Waals surface area contributed by atoms with Crippen LogP contribution in [0.15, 0.2) is 12.1 Å². The van der Waals surface area contributed by atoms with Gasteiger partial charge in [0.1, 0.15) is 11.5 Å². The Balaban J connectivity index is 3.06. The topological polar surface area (TPSA) is 55.2 Å². The van der Waals surface area contributed by atoms with Crippen molar-refractivity contribution in [2.75, 3.05) is 17.3 Å². The van der Waals surface area contributed by atoms with Crippen molar-refractivity contribution in [3.8, 4) is 0 Å². The van der Waals surface area contributed by atoms with Gasteiger partial charge in [0.2, 0.25) is 0 Å². The summed E-state index contributed by atoms with van der Waals surface area (Å²) in [6.07, 6.45) is 2.74. The molecule has 0 bridgehead atoms. The van der Waals surface area contributed by atoms with E-state index in [4.69, 9.17) is 11.6 Å². The maximum absolute atomic E-state index is 13.4. The minimum absolute atomic E-state index is 0.0549. The molecule has 0 aliphatic heterocycles. The summed E-state index contributed by atoms with van der Waals surface area (Å²) in [7, 11) is 0. The molecule has 1 aromatic rings. The summed E-state index contributed by atoms with van der Waals surface area (Å²) < 4.78 is 13.4. The zero-order valence-electron chi connectivity index (χ0n) is 10.1. The minimum atomic E-state index is -0.663. The summed E-state index contributed by atoms with van der Waals surface area (Å²) in [4.78, 5) is 10.3. The molecular formula is C11H14ClFN2O2S. The molecular weight excluding hydrogens is 279 g/mol. The van der Waals surface area contributed by atoms with Crippen LogP contribution in [0.4, 0.5) is 15.8 Å². The predicted molar refractivity (Wildman–Crippen MR) is 74.1 cm³/mol. The first-order chi connectivity index (χ1) is 8.49. The lowest BCUT2D eigenvalue weighted by atomic mass is 10.2. The molecule has 18 heavy (non-hydrogen) atoms. The Labute approximate surface area is 114 Å². The maximum atomic E-state index is 13.4. The zero-order valence-corrected chi connectivity index (χ0v) is 11.6. The van der Waals surface area contributed by atoms with Gasteiger partial charge < -0.3 is 5.32 Å². The first-order valence-electron chi connectivity index (χ1n) is 5.38. The number of anilines is 1. The third kappa shape index (κ3) is 3.74. The monoisotopic (exact) mass is 292 g/mol. The predicted octanol–water partition coefficient (Wildman–Crippen LogP) is 3.94. The SMILES string of the molecule is CCC(CSC)Nc1cc(F)c(Cl)cc1[N+](=O)[O-]. The minimum Gasteiger partial charge on any atom is -0.376 e. The highest BCUT2D eigenvalue weighted by Crippen LogP contribution is 2.31. The van der Waals surface area contributed by atoms with Gasteiger partial charge in [-0.25, -0.2) is 4.39 Å². The number of halogens is 2. The standard InChI is InChI=1S/C11H14ClFN2O2S/c1-3-7(6-18-2)14-10-5-9(13)8(12)4-11(10)15(16)17/h4-5,7,14H,3,6H2,1-2H3. The second kappa shape index (κ2) is 6.80. The van der Waals surface area contributed by atoms with Crippen molar-refractivity contribution in [1.82, 2.24) is 0 Å². The highest BCUT2D eigenvalue weighted by molar-refractivity contribution is 7.98. The number of hydrogen-bond acceptors (Lipinski definition) is 4. The molecule has 1 unspecified atom stereocenters. The van der Waals surface area contributed by atoms with Gasteiger partial charge in [-0.1, -0.05) is 18.5 Å². The molecule has 0 fully saturated rings. The van der Waals surface area contributed by atoms with Gasteiger partial charge in [-0.3, -0.25) is 10.1 Å². The lowest BCUT2D eigenvalue weighted by molar-refractivity contribution is -0.384. The van der Waals surface area contributed by atoms with Gasteiger partial charge in [0.15, 0.2) is 0 Å². The molecule has 0 saturated heterocycles. The molecule has 7 heteroatoms. The van der Waals surface area contributed by atoms with Gasteiger partial charge in [0.05, 0.1) is 9.95 Å². The third-order valence-electron chi connectivity index (χ3n) is 2.46. The van der Waals surface area contributed by atoms with Crippen LogP contribution in [0.5, 0.6) is 0 Å². The lowest BCUT2D eigenvalue weighted by Crippen LogP contribution is -2.21. The molecule has 0 saturated carbocycles. The molecule has 0 spiro atoms. The maximum Gasteiger partial charge on any atom is 0.294 e. The normalized spacial score (nSPS) is 12.2. The van der Waals surface area contributed by atoms with Crippen LogP contribution in [-0.4, -0.2) is 23.0 Å². The van der Waals surface area contributed by atoms with Crippen LogP contribution in [0.2, 0.25) is 5.02 Å². The van der Waals surface area contributed by atoms with E-state index >= 15 is 0 Å². The molecule has 0 aliphatic carbocycles. The Morgan fingerprint density at radius 3 is 2.78 bits per heavy atom. The van der Waals surface area contributed by atoms with Gasteiger partial charge in [-0.2, -0.15) is 11.8 Å². The number of nitro benzene ring substituents is 1. The van der Waals surface area contributed by atoms with Crippen molar-refractivity contribution in [3.05, 3.63) is 33.1 Å². The van der Waals surface area contributed by atoms with E-state index in [-0.39, 0.29) is 22.4 Å². The van der Waals surface area contributed by atoms with Gasteiger partial charge in [0, 0.05) is 23.9 Å². The second-order valence-corrected chi connectivity index (χ2v) is 5.06. The van der Waals surface area contributed by atoms with Crippen LogP contribution in [0, 0.1) is 15.9 Å². The Hall–Kier alpha value is -1.01. The van der Waals surface area contributed by atoms with E-state index in [2.05, 4.69) is 5.32 Å². The molecule has 0 amide bonds. The molecule has 0 aliphatic rings. The summed E-state index contributed by atoms with van der Waals surface area (Å²) in [6, 6.07) is 2.16. The first-order valence-corrected chi connectivity index (χ1v) is 7.15. The number of benzene rings is 1. The molecule has 1 N–H and O–H groups in total. The van der Waals surface area contributed by atoms with E-state index in [0.29, 0.717) is 0 Å². The quantitative estimate of drug-likeness (QED) is 0.637. The van der Waals surface area contributed by atoms with Crippen LogP contribution in [0.1, 0.15) is 13.3 Å². The fourth-order valence-electron chi connectivity index (χ4n) is 1.49. The molecule has 0 aromatic heterocycles. The summed E-state index contributed by atoms with van der Waals surface area (Å²) in [6.45, 7) is 1.96. The molecule has 0 heterocycles. The number of nitrogens with zero attached hydrogens (tertiary/aromatic N) is 1. The summed E-state index contributed by atoms with van der Waals surface area (Å²) in [5, 5.41) is 13.6. The molecule has 100 valence electrons. The average Bonchev–Trinajstić information content (AvgIpc) is 2.32. The fraction of sp³-hybridized carbons (Fsp3) is 0.455. The van der Waals surface area contributed by atoms with E-state index in [9.17, 15) is 14.5 Å². The zero-order chi connectivity index (χ0) is 13.7. The van der Waals surface area contributed by atoms with Crippen molar-refractivity contribution in [2.24, 2.45) is 0 Å². The number of hydrogen-bond donors (Lipinski definition) is 1. The van der Waals surface area contributed by atoms with Crippen LogP contribution in [0.25, 0.3) is 0 Å². The summed E-state index contributed by atoms with van der Waals surface area (Å²) in [5.41, 5.74) is -0.0382. The van der Waals surface area contributed by atoms with E-state index < -0.39 is 10.7 Å². The number of rotatable bonds is 6. The average molecular weight is 293 g/mol. The molecule has 1 atom stereocenters. The highest BCUT2D eigenvalue weighted by Gasteiger charge is 2.19. The lowest BCUT2D eigenvalue weighted by Gasteiger charge is -2.17. The van der Waals surface area contributed by atoms with Crippen LogP contribution >= 0.6 is 23.4 Å². The number of nitro groups is 1. The second-order valence-electron chi connectivity index (χ2n) is 3.75. The summed E-state index contributed by atoms with van der Waals surface area (Å²) in [5.74, 6) is 0.126. The van der Waals surface area contributed by atoms with Crippen molar-refractivity contribution in [2.45, 2.75) is 19.4 Å². The number of thioether (sulfide) groups is 1. The van der Waals surface area contributed by atoms with Crippen LogP contribution in [0.3, 0.4) is 0 Å². The number of nitrogens with one attached hydrogen (secondary N) is 1. The fourth-order valence-corrected chi connectivity index (χ4v) is 2.36. The molecule has 0 radical (unpaired) electrons. The molecule has 4 nitrogen and oxygen atoms in total. The van der Waals surface area contributed by atoms with E-state index in [1.54, 1.807) is 11.8 Å². The van der Waals surface area contributed by atoms with Crippen LogP contribution < -0.4 is 5.32 Å². The van der Waals surface area contributed by atoms with Crippen molar-refractivity contribution >= 4 is 34.7 Å². The van der Waals surface area contributed by atoms with E-state index in [0.717, 1.165) is 24.3 Å². The first kappa shape index (κ1) is 15.0. The third-order valence-corrected chi connectivity index (χ3v) is 3.48. The molecule has 1 aromatic carbocycles. The summed E-state index contributed by atoms with van der Waals surface area (Å²) >= 11 is 7.17. The van der Waals surface area contributed by atoms with Gasteiger partial charge in [0.25, 0.3) is 5.69 Å². The van der Waals surface area contributed by atoms with Crippen molar-refractivity contribution in [3.63, 3.8) is 0 Å². The van der Waals surface area contributed by atoms with E-state index in [1.165, 1.54) is 0 Å². The molecule has 1 rings (SSSR count). The Morgan fingerprint density at radius 2 is 2.28 bits per heavy atom. The van der Waals surface area contributed by atoms with Crippen molar-refractivity contribution < 1.29 is 9.31 Å². The van der Waals surface area contributed by atoms with Gasteiger partial charge in [-0.15, -0.1) is 0 Å². The Bertz CT molecular complexity index is 445. The van der Waals surface area contributed by atoms with E-state index in [1.807, 2.05) is 13.2 Å². The van der Waals surface area contributed by atoms with Gasteiger partial charge in [-0.05, 0) is 12.7 Å². The Kier molecular flexibility index (Phi) is 5.68. The van der Waals surface area contributed by atoms with Gasteiger partial charge >= 0.3 is 0 Å². The largest absolute Gasteiger partial charge is 0.376 e. The van der Waals surface area contributed by atoms with Crippen molar-refractivity contribution in [1.29, 1.82) is 0 Å². The smallest absolute Gasteiger partial charge is 0.294 e.